The van der Waals surface area contributed by atoms with Crippen molar-refractivity contribution in [3.05, 3.63) is 58.5 Å². The highest BCUT2D eigenvalue weighted by Crippen LogP contribution is 2.28. The first kappa shape index (κ1) is 19.4. The number of nitrogens with zero attached hydrogens (tertiary/aromatic N) is 2. The summed E-state index contributed by atoms with van der Waals surface area (Å²) in [5.41, 5.74) is -1.04. The van der Waals surface area contributed by atoms with Crippen LogP contribution in [0.15, 0.2) is 47.4 Å². The third-order valence-electron chi connectivity index (χ3n) is 4.34. The third kappa shape index (κ3) is 5.33. The molecule has 2 heterocycles. The lowest BCUT2D eigenvalue weighted by atomic mass is 10.2. The predicted molar refractivity (Wildman–Crippen MR) is 94.4 cm³/mol. The summed E-state index contributed by atoms with van der Waals surface area (Å²) in [4.78, 5) is 14.2. The summed E-state index contributed by atoms with van der Waals surface area (Å²) in [5, 5.41) is 0. The third-order valence-corrected chi connectivity index (χ3v) is 4.34. The molecule has 0 saturated carbocycles. The van der Waals surface area contributed by atoms with E-state index in [9.17, 15) is 18.0 Å². The van der Waals surface area contributed by atoms with Crippen LogP contribution < -0.4 is 10.3 Å². The number of morpholine rings is 1. The first-order chi connectivity index (χ1) is 12.9. The van der Waals surface area contributed by atoms with Crippen LogP contribution in [-0.4, -0.2) is 48.9 Å². The fourth-order valence-corrected chi connectivity index (χ4v) is 2.86. The van der Waals surface area contributed by atoms with Gasteiger partial charge in [0.25, 0.3) is 5.56 Å². The molecule has 0 atom stereocenters. The number of pyridine rings is 1. The molecule has 1 aromatic heterocycles. The molecule has 1 fully saturated rings. The van der Waals surface area contributed by atoms with Gasteiger partial charge in [0.1, 0.15) is 5.75 Å². The first-order valence-electron chi connectivity index (χ1n) is 8.77. The maximum atomic E-state index is 12.8. The minimum absolute atomic E-state index is 0.353. The Morgan fingerprint density at radius 2 is 1.74 bits per heavy atom. The first-order valence-corrected chi connectivity index (χ1v) is 8.77. The Labute approximate surface area is 154 Å². The topological polar surface area (TPSA) is 43.7 Å². The van der Waals surface area contributed by atoms with Crippen LogP contribution in [0.5, 0.6) is 5.75 Å². The van der Waals surface area contributed by atoms with Gasteiger partial charge in [-0.1, -0.05) is 0 Å². The molecule has 0 unspecified atom stereocenters. The highest BCUT2D eigenvalue weighted by Gasteiger charge is 2.31. The molecule has 1 aromatic carbocycles. The van der Waals surface area contributed by atoms with Crippen LogP contribution in [0.25, 0.3) is 5.69 Å². The van der Waals surface area contributed by atoms with Crippen molar-refractivity contribution in [2.45, 2.75) is 12.6 Å². The molecule has 0 N–H and O–H groups in total. The van der Waals surface area contributed by atoms with E-state index in [1.54, 1.807) is 24.3 Å². The second-order valence-electron chi connectivity index (χ2n) is 6.27. The predicted octanol–water partition coefficient (Wildman–Crippen LogP) is 2.96. The number of ether oxygens (including phenoxy) is 2. The molecule has 0 aliphatic carbocycles. The van der Waals surface area contributed by atoms with E-state index < -0.39 is 17.3 Å². The van der Waals surface area contributed by atoms with Gasteiger partial charge in [-0.05, 0) is 36.8 Å². The largest absolute Gasteiger partial charge is 0.494 e. The molecule has 8 heteroatoms. The number of benzene rings is 1. The van der Waals surface area contributed by atoms with Crippen LogP contribution in [0.4, 0.5) is 13.2 Å². The van der Waals surface area contributed by atoms with Gasteiger partial charge in [-0.3, -0.25) is 14.3 Å². The molecule has 1 saturated heterocycles. The maximum Gasteiger partial charge on any atom is 0.417 e. The van der Waals surface area contributed by atoms with Crippen LogP contribution in [0.2, 0.25) is 0 Å². The highest BCUT2D eigenvalue weighted by molar-refractivity contribution is 5.38. The van der Waals surface area contributed by atoms with Gasteiger partial charge in [-0.25, -0.2) is 0 Å². The van der Waals surface area contributed by atoms with Crippen LogP contribution in [-0.2, 0) is 10.9 Å². The fourth-order valence-electron chi connectivity index (χ4n) is 2.86. The molecule has 0 spiro atoms. The van der Waals surface area contributed by atoms with Gasteiger partial charge in [0.05, 0.1) is 25.4 Å². The van der Waals surface area contributed by atoms with Crippen molar-refractivity contribution >= 4 is 0 Å². The van der Waals surface area contributed by atoms with Crippen molar-refractivity contribution in [2.24, 2.45) is 0 Å². The average molecular weight is 382 g/mol. The van der Waals surface area contributed by atoms with Crippen LogP contribution >= 0.6 is 0 Å². The van der Waals surface area contributed by atoms with E-state index in [0.717, 1.165) is 62.2 Å². The molecule has 1 aliphatic rings. The van der Waals surface area contributed by atoms with Gasteiger partial charge < -0.3 is 9.47 Å². The van der Waals surface area contributed by atoms with Gasteiger partial charge in [-0.15, -0.1) is 0 Å². The molecule has 0 bridgehead atoms. The Morgan fingerprint density at radius 3 is 2.41 bits per heavy atom. The maximum absolute atomic E-state index is 12.8. The van der Waals surface area contributed by atoms with Crippen molar-refractivity contribution in [2.75, 3.05) is 39.5 Å². The molecular formula is C19H21F3N2O3. The van der Waals surface area contributed by atoms with Gasteiger partial charge in [-0.2, -0.15) is 13.2 Å². The van der Waals surface area contributed by atoms with Crippen molar-refractivity contribution in [3.63, 3.8) is 0 Å². The second kappa shape index (κ2) is 8.58. The zero-order valence-electron chi connectivity index (χ0n) is 14.7. The van der Waals surface area contributed by atoms with Gasteiger partial charge in [0.15, 0.2) is 0 Å². The van der Waals surface area contributed by atoms with Gasteiger partial charge in [0.2, 0.25) is 0 Å². The SMILES string of the molecule is O=c1ccc(C(F)(F)F)cn1-c1ccc(OCCCN2CCOCC2)cc1. The summed E-state index contributed by atoms with van der Waals surface area (Å²) in [6.07, 6.45) is -2.83. The molecule has 3 rings (SSSR count). The Hall–Kier alpha value is -2.32. The fraction of sp³-hybridized carbons (Fsp3) is 0.421. The Morgan fingerprint density at radius 1 is 1.04 bits per heavy atom. The molecule has 0 amide bonds. The Kier molecular flexibility index (Phi) is 6.18. The van der Waals surface area contributed by atoms with Crippen molar-refractivity contribution in [3.8, 4) is 11.4 Å². The minimum atomic E-state index is -4.50. The highest BCUT2D eigenvalue weighted by atomic mass is 19.4. The molecule has 1 aliphatic heterocycles. The molecule has 27 heavy (non-hydrogen) atoms. The lowest BCUT2D eigenvalue weighted by molar-refractivity contribution is -0.138. The van der Waals surface area contributed by atoms with Gasteiger partial charge >= 0.3 is 6.18 Å². The number of hydrogen-bond acceptors (Lipinski definition) is 4. The number of rotatable bonds is 6. The average Bonchev–Trinajstić information content (AvgIpc) is 2.66. The minimum Gasteiger partial charge on any atom is -0.494 e. The normalized spacial score (nSPS) is 15.7. The second-order valence-corrected chi connectivity index (χ2v) is 6.27. The number of alkyl halides is 3. The number of hydrogen-bond donors (Lipinski definition) is 0. The van der Waals surface area contributed by atoms with E-state index in [-0.39, 0.29) is 0 Å². The Bertz CT molecular complexity index is 797. The Balaban J connectivity index is 1.58. The van der Waals surface area contributed by atoms with E-state index in [2.05, 4.69) is 4.90 Å². The van der Waals surface area contributed by atoms with Crippen molar-refractivity contribution < 1.29 is 22.6 Å². The molecule has 146 valence electrons. The van der Waals surface area contributed by atoms with Crippen molar-refractivity contribution in [1.82, 2.24) is 9.47 Å². The van der Waals surface area contributed by atoms with Crippen molar-refractivity contribution in [1.29, 1.82) is 0 Å². The molecule has 5 nitrogen and oxygen atoms in total. The van der Waals surface area contributed by atoms with Crippen LogP contribution in [0, 0.1) is 0 Å². The van der Waals surface area contributed by atoms with Crippen LogP contribution in [0.1, 0.15) is 12.0 Å². The molecule has 0 radical (unpaired) electrons. The lowest BCUT2D eigenvalue weighted by Crippen LogP contribution is -2.37. The van der Waals surface area contributed by atoms with E-state index in [0.29, 0.717) is 18.0 Å². The van der Waals surface area contributed by atoms with E-state index in [4.69, 9.17) is 9.47 Å². The standard InChI is InChI=1S/C19H21F3N2O3/c20-19(21,22)15-2-7-18(25)24(14-15)16-3-5-17(6-4-16)27-11-1-8-23-9-12-26-13-10-23/h2-7,14H,1,8-13H2. The zero-order chi connectivity index (χ0) is 19.3. The molecule has 2 aromatic rings. The summed E-state index contributed by atoms with van der Waals surface area (Å²) in [6, 6.07) is 8.13. The lowest BCUT2D eigenvalue weighted by Gasteiger charge is -2.26. The van der Waals surface area contributed by atoms with E-state index >= 15 is 0 Å². The van der Waals surface area contributed by atoms with E-state index in [1.165, 1.54) is 0 Å². The van der Waals surface area contributed by atoms with Crippen LogP contribution in [0.3, 0.4) is 0 Å². The summed E-state index contributed by atoms with van der Waals surface area (Å²) in [7, 11) is 0. The monoisotopic (exact) mass is 382 g/mol. The summed E-state index contributed by atoms with van der Waals surface area (Å²) in [6.45, 7) is 4.86. The van der Waals surface area contributed by atoms with E-state index in [1.807, 2.05) is 0 Å². The number of halogens is 3. The smallest absolute Gasteiger partial charge is 0.417 e. The molecular weight excluding hydrogens is 361 g/mol. The van der Waals surface area contributed by atoms with Gasteiger partial charge in [0, 0.05) is 37.6 Å². The summed E-state index contributed by atoms with van der Waals surface area (Å²) in [5.74, 6) is 0.612. The summed E-state index contributed by atoms with van der Waals surface area (Å²) < 4.78 is 50.5. The number of aromatic nitrogens is 1. The quantitative estimate of drug-likeness (QED) is 0.721. The summed E-state index contributed by atoms with van der Waals surface area (Å²) >= 11 is 0. The zero-order valence-corrected chi connectivity index (χ0v) is 14.7.